The second kappa shape index (κ2) is 9.37. The molecule has 0 heterocycles. The van der Waals surface area contributed by atoms with E-state index in [4.69, 9.17) is 16.3 Å². The Morgan fingerprint density at radius 2 is 1.85 bits per heavy atom. The Kier molecular flexibility index (Phi) is 7.44. The van der Waals surface area contributed by atoms with Crippen LogP contribution < -0.4 is 4.31 Å². The van der Waals surface area contributed by atoms with Crippen LogP contribution in [0.15, 0.2) is 53.4 Å². The number of nitrogens with zero attached hydrogens (tertiary/aromatic N) is 1. The summed E-state index contributed by atoms with van der Waals surface area (Å²) < 4.78 is 46.1. The highest BCUT2D eigenvalue weighted by atomic mass is 35.5. The first-order valence-corrected chi connectivity index (χ1v) is 9.48. The van der Waals surface area contributed by atoms with E-state index in [1.165, 1.54) is 6.07 Å². The van der Waals surface area contributed by atoms with Crippen molar-refractivity contribution in [1.29, 1.82) is 0 Å². The first-order chi connectivity index (χ1) is 12.8. The van der Waals surface area contributed by atoms with Crippen LogP contribution in [0, 0.1) is 0 Å². The lowest BCUT2D eigenvalue weighted by Crippen LogP contribution is -2.37. The maximum Gasteiger partial charge on any atom is 0.416 e. The van der Waals surface area contributed by atoms with Gasteiger partial charge in [-0.1, -0.05) is 24.6 Å². The maximum atomic E-state index is 13.1. The molecule has 146 valence electrons. The van der Waals surface area contributed by atoms with Crippen LogP contribution in [0.25, 0.3) is 0 Å². The van der Waals surface area contributed by atoms with E-state index in [2.05, 4.69) is 0 Å². The molecule has 0 N–H and O–H groups in total. The summed E-state index contributed by atoms with van der Waals surface area (Å²) in [5.41, 5.74) is -0.509. The highest BCUT2D eigenvalue weighted by Gasteiger charge is 2.33. The van der Waals surface area contributed by atoms with Crippen molar-refractivity contribution < 1.29 is 22.7 Å². The lowest BCUT2D eigenvalue weighted by Gasteiger charge is -2.30. The summed E-state index contributed by atoms with van der Waals surface area (Å²) in [4.78, 5) is 13.1. The summed E-state index contributed by atoms with van der Waals surface area (Å²) in [6, 6.07) is 11.0. The Morgan fingerprint density at radius 1 is 1.19 bits per heavy atom. The van der Waals surface area contributed by atoms with Gasteiger partial charge in [0.15, 0.2) is 0 Å². The minimum Gasteiger partial charge on any atom is -0.464 e. The molecule has 0 aromatic heterocycles. The SMILES string of the molecule is CCOC(=O)C(CC)N(Sc1ccc(Cl)cc1)c1cccc(C(F)(F)F)c1. The molecule has 2 aromatic rings. The monoisotopic (exact) mass is 417 g/mol. The second-order valence-corrected chi connectivity index (χ2v) is 7.08. The molecular formula is C19H19ClF3NO2S. The van der Waals surface area contributed by atoms with E-state index in [1.54, 1.807) is 48.5 Å². The van der Waals surface area contributed by atoms with Crippen molar-refractivity contribution in [3.8, 4) is 0 Å². The molecule has 1 unspecified atom stereocenters. The van der Waals surface area contributed by atoms with Crippen LogP contribution in [0.5, 0.6) is 0 Å². The average Bonchev–Trinajstić information content (AvgIpc) is 2.63. The zero-order valence-corrected chi connectivity index (χ0v) is 16.4. The van der Waals surface area contributed by atoms with Gasteiger partial charge in [0, 0.05) is 15.6 Å². The van der Waals surface area contributed by atoms with Crippen molar-refractivity contribution in [2.45, 2.75) is 37.4 Å². The van der Waals surface area contributed by atoms with Crippen LogP contribution in [0.1, 0.15) is 25.8 Å². The second-order valence-electron chi connectivity index (χ2n) is 5.60. The van der Waals surface area contributed by atoms with Crippen LogP contribution in [0.2, 0.25) is 5.02 Å². The van der Waals surface area contributed by atoms with Crippen molar-refractivity contribution in [2.24, 2.45) is 0 Å². The number of hydrogen-bond acceptors (Lipinski definition) is 4. The third-order valence-electron chi connectivity index (χ3n) is 3.67. The van der Waals surface area contributed by atoms with Gasteiger partial charge in [0.2, 0.25) is 0 Å². The standard InChI is InChI=1S/C19H19ClF3NO2S/c1-3-17(18(25)26-4-2)24(27-16-10-8-14(20)9-11-16)15-7-5-6-13(12-15)19(21,22)23/h5-12,17H,3-4H2,1-2H3. The molecule has 8 heteroatoms. The fourth-order valence-electron chi connectivity index (χ4n) is 2.39. The van der Waals surface area contributed by atoms with Gasteiger partial charge in [-0.3, -0.25) is 4.31 Å². The number of ether oxygens (including phenoxy) is 1. The maximum absolute atomic E-state index is 13.1. The van der Waals surface area contributed by atoms with Crippen molar-refractivity contribution in [2.75, 3.05) is 10.9 Å². The lowest BCUT2D eigenvalue weighted by molar-refractivity contribution is -0.144. The van der Waals surface area contributed by atoms with E-state index in [0.29, 0.717) is 11.4 Å². The number of carbonyl (C=O) groups is 1. The predicted octanol–water partition coefficient (Wildman–Crippen LogP) is 6.21. The zero-order chi connectivity index (χ0) is 20.0. The number of benzene rings is 2. The largest absolute Gasteiger partial charge is 0.464 e. The molecule has 0 saturated heterocycles. The van der Waals surface area contributed by atoms with Crippen molar-refractivity contribution in [1.82, 2.24) is 0 Å². The fraction of sp³-hybridized carbons (Fsp3) is 0.316. The predicted molar refractivity (Wildman–Crippen MR) is 102 cm³/mol. The van der Waals surface area contributed by atoms with E-state index < -0.39 is 23.8 Å². The van der Waals surface area contributed by atoms with Gasteiger partial charge in [-0.25, -0.2) is 4.79 Å². The average molecular weight is 418 g/mol. The highest BCUT2D eigenvalue weighted by Crippen LogP contribution is 2.37. The number of rotatable bonds is 7. The molecule has 0 amide bonds. The molecular weight excluding hydrogens is 399 g/mol. The van der Waals surface area contributed by atoms with Gasteiger partial charge < -0.3 is 4.74 Å². The third-order valence-corrected chi connectivity index (χ3v) is 5.07. The van der Waals surface area contributed by atoms with E-state index in [9.17, 15) is 18.0 Å². The summed E-state index contributed by atoms with van der Waals surface area (Å²) in [5, 5.41) is 0.544. The normalized spacial score (nSPS) is 12.5. The van der Waals surface area contributed by atoms with E-state index in [0.717, 1.165) is 29.0 Å². The van der Waals surface area contributed by atoms with E-state index in [1.807, 2.05) is 0 Å². The number of anilines is 1. The number of carbonyl (C=O) groups excluding carboxylic acids is 1. The Labute approximate surface area is 165 Å². The molecule has 0 aliphatic rings. The van der Waals surface area contributed by atoms with Crippen LogP contribution in [0.3, 0.4) is 0 Å². The number of alkyl halides is 3. The van der Waals surface area contributed by atoms with Crippen LogP contribution >= 0.6 is 23.5 Å². The third kappa shape index (κ3) is 5.81. The smallest absolute Gasteiger partial charge is 0.416 e. The summed E-state index contributed by atoms with van der Waals surface area (Å²) >= 11 is 7.06. The lowest BCUT2D eigenvalue weighted by atomic mass is 10.1. The van der Waals surface area contributed by atoms with Crippen LogP contribution in [0.4, 0.5) is 18.9 Å². The van der Waals surface area contributed by atoms with E-state index in [-0.39, 0.29) is 12.3 Å². The Bertz CT molecular complexity index is 768. The van der Waals surface area contributed by atoms with Crippen molar-refractivity contribution in [3.63, 3.8) is 0 Å². The molecule has 0 fully saturated rings. The van der Waals surface area contributed by atoms with E-state index >= 15 is 0 Å². The molecule has 2 aromatic carbocycles. The fourth-order valence-corrected chi connectivity index (χ4v) is 3.58. The molecule has 0 aliphatic heterocycles. The Balaban J connectivity index is 2.45. The number of halogens is 4. The Hall–Kier alpha value is -1.86. The van der Waals surface area contributed by atoms with Crippen molar-refractivity contribution >= 4 is 35.2 Å². The summed E-state index contributed by atoms with van der Waals surface area (Å²) in [6.45, 7) is 3.66. The summed E-state index contributed by atoms with van der Waals surface area (Å²) in [6.07, 6.45) is -4.10. The molecule has 0 bridgehead atoms. The molecule has 0 saturated carbocycles. The van der Waals surface area contributed by atoms with Gasteiger partial charge in [-0.05, 0) is 67.8 Å². The van der Waals surface area contributed by atoms with Gasteiger partial charge in [0.25, 0.3) is 0 Å². The minimum absolute atomic E-state index is 0.192. The van der Waals surface area contributed by atoms with Gasteiger partial charge in [0.05, 0.1) is 12.2 Å². The topological polar surface area (TPSA) is 29.5 Å². The first-order valence-electron chi connectivity index (χ1n) is 8.33. The number of hydrogen-bond donors (Lipinski definition) is 0. The quantitative estimate of drug-likeness (QED) is 0.395. The molecule has 0 radical (unpaired) electrons. The summed E-state index contributed by atoms with van der Waals surface area (Å²) in [7, 11) is 0. The molecule has 3 nitrogen and oxygen atoms in total. The zero-order valence-electron chi connectivity index (χ0n) is 14.8. The molecule has 2 rings (SSSR count). The van der Waals surface area contributed by atoms with Crippen LogP contribution in [-0.4, -0.2) is 18.6 Å². The molecule has 1 atom stereocenters. The summed E-state index contributed by atoms with van der Waals surface area (Å²) in [5.74, 6) is -0.487. The highest BCUT2D eigenvalue weighted by molar-refractivity contribution is 8.00. The van der Waals surface area contributed by atoms with Gasteiger partial charge in [-0.15, -0.1) is 0 Å². The minimum atomic E-state index is -4.47. The molecule has 0 aliphatic carbocycles. The number of esters is 1. The van der Waals surface area contributed by atoms with Gasteiger partial charge in [0.1, 0.15) is 6.04 Å². The van der Waals surface area contributed by atoms with Gasteiger partial charge >= 0.3 is 12.1 Å². The van der Waals surface area contributed by atoms with Crippen LogP contribution in [-0.2, 0) is 15.7 Å². The Morgan fingerprint density at radius 3 is 2.41 bits per heavy atom. The molecule has 27 heavy (non-hydrogen) atoms. The van der Waals surface area contributed by atoms with Crippen molar-refractivity contribution in [3.05, 3.63) is 59.1 Å². The first kappa shape index (κ1) is 21.4. The van der Waals surface area contributed by atoms with Gasteiger partial charge in [-0.2, -0.15) is 13.2 Å². The molecule has 0 spiro atoms.